The molecule has 0 aromatic carbocycles. The standard InChI is InChI=1S/C14H13ClN2OS2/c1-3-9(15)12-16-13(18)11-8(6-19-14(11)17-12)10-5-4-7(2)20-10/h4-6,9H,3H2,1-2H3,(H,16,17,18). The van der Waals surface area contributed by atoms with Gasteiger partial charge in [0.15, 0.2) is 0 Å². The molecule has 1 unspecified atom stereocenters. The summed E-state index contributed by atoms with van der Waals surface area (Å²) in [4.78, 5) is 22.7. The molecule has 6 heteroatoms. The van der Waals surface area contributed by atoms with E-state index in [1.165, 1.54) is 16.2 Å². The average Bonchev–Trinajstić information content (AvgIpc) is 3.03. The van der Waals surface area contributed by atoms with E-state index in [0.29, 0.717) is 11.2 Å². The van der Waals surface area contributed by atoms with Gasteiger partial charge in [0.05, 0.1) is 10.8 Å². The van der Waals surface area contributed by atoms with Crippen molar-refractivity contribution in [3.63, 3.8) is 0 Å². The number of aromatic amines is 1. The molecule has 0 spiro atoms. The van der Waals surface area contributed by atoms with Crippen LogP contribution < -0.4 is 5.56 Å². The first kappa shape index (κ1) is 13.8. The summed E-state index contributed by atoms with van der Waals surface area (Å²) in [6.45, 7) is 4.03. The van der Waals surface area contributed by atoms with E-state index >= 15 is 0 Å². The van der Waals surface area contributed by atoms with E-state index in [0.717, 1.165) is 21.7 Å². The smallest absolute Gasteiger partial charge is 0.260 e. The quantitative estimate of drug-likeness (QED) is 0.709. The van der Waals surface area contributed by atoms with Gasteiger partial charge in [-0.1, -0.05) is 6.92 Å². The minimum absolute atomic E-state index is 0.105. The summed E-state index contributed by atoms with van der Waals surface area (Å²) in [7, 11) is 0. The highest BCUT2D eigenvalue weighted by atomic mass is 35.5. The summed E-state index contributed by atoms with van der Waals surface area (Å²) < 4.78 is 0. The van der Waals surface area contributed by atoms with Gasteiger partial charge in [-0.15, -0.1) is 34.3 Å². The van der Waals surface area contributed by atoms with E-state index in [2.05, 4.69) is 23.0 Å². The maximum absolute atomic E-state index is 12.3. The van der Waals surface area contributed by atoms with E-state index in [1.807, 2.05) is 18.4 Å². The van der Waals surface area contributed by atoms with Crippen molar-refractivity contribution in [2.75, 3.05) is 0 Å². The number of rotatable bonds is 3. The van der Waals surface area contributed by atoms with Gasteiger partial charge < -0.3 is 4.98 Å². The van der Waals surface area contributed by atoms with Crippen molar-refractivity contribution in [1.29, 1.82) is 0 Å². The molecule has 20 heavy (non-hydrogen) atoms. The van der Waals surface area contributed by atoms with Crippen molar-refractivity contribution in [3.05, 3.63) is 38.6 Å². The number of nitrogens with one attached hydrogen (secondary N) is 1. The fourth-order valence-corrected chi connectivity index (χ4v) is 4.08. The number of alkyl halides is 1. The first-order valence-corrected chi connectivity index (χ1v) is 8.45. The minimum atomic E-state index is -0.248. The molecule has 0 bridgehead atoms. The average molecular weight is 325 g/mol. The highest BCUT2D eigenvalue weighted by molar-refractivity contribution is 7.19. The molecule has 1 atom stereocenters. The highest BCUT2D eigenvalue weighted by Gasteiger charge is 2.16. The molecule has 1 N–H and O–H groups in total. The first-order valence-electron chi connectivity index (χ1n) is 6.32. The van der Waals surface area contributed by atoms with Gasteiger partial charge in [-0.05, 0) is 25.5 Å². The Morgan fingerprint density at radius 2 is 2.25 bits per heavy atom. The van der Waals surface area contributed by atoms with Gasteiger partial charge in [-0.2, -0.15) is 0 Å². The third-order valence-corrected chi connectivity index (χ3v) is 5.54. The van der Waals surface area contributed by atoms with Gasteiger partial charge in [0.2, 0.25) is 0 Å². The Hall–Kier alpha value is -1.17. The van der Waals surface area contributed by atoms with Crippen LogP contribution in [0.4, 0.5) is 0 Å². The Labute approximate surface area is 129 Å². The van der Waals surface area contributed by atoms with E-state index in [1.54, 1.807) is 11.3 Å². The number of hydrogen-bond donors (Lipinski definition) is 1. The summed E-state index contributed by atoms with van der Waals surface area (Å²) >= 11 is 9.34. The molecule has 0 saturated heterocycles. The van der Waals surface area contributed by atoms with E-state index in [-0.39, 0.29) is 10.9 Å². The molecule has 3 aromatic rings. The number of nitrogens with zero attached hydrogens (tertiary/aromatic N) is 1. The van der Waals surface area contributed by atoms with Crippen molar-refractivity contribution in [1.82, 2.24) is 9.97 Å². The Morgan fingerprint density at radius 3 is 2.90 bits per heavy atom. The van der Waals surface area contributed by atoms with Gasteiger partial charge >= 0.3 is 0 Å². The number of H-pyrrole nitrogens is 1. The zero-order valence-corrected chi connectivity index (χ0v) is 13.5. The Balaban J connectivity index is 2.21. The Bertz CT molecular complexity index is 818. The van der Waals surface area contributed by atoms with Gasteiger partial charge in [0.25, 0.3) is 5.56 Å². The monoisotopic (exact) mass is 324 g/mol. The van der Waals surface area contributed by atoms with Crippen LogP contribution in [0.3, 0.4) is 0 Å². The second-order valence-corrected chi connectivity index (χ2v) is 7.24. The predicted octanol–water partition coefficient (Wildman–Crippen LogP) is 4.71. The summed E-state index contributed by atoms with van der Waals surface area (Å²) in [5.74, 6) is 0.558. The molecule has 0 amide bonds. The molecular weight excluding hydrogens is 312 g/mol. The first-order chi connectivity index (χ1) is 9.60. The van der Waals surface area contributed by atoms with Crippen molar-refractivity contribution >= 4 is 44.5 Å². The fraction of sp³-hybridized carbons (Fsp3) is 0.286. The lowest BCUT2D eigenvalue weighted by Crippen LogP contribution is -2.12. The largest absolute Gasteiger partial charge is 0.309 e. The van der Waals surface area contributed by atoms with Crippen LogP contribution >= 0.6 is 34.3 Å². The lowest BCUT2D eigenvalue weighted by Gasteiger charge is -2.05. The van der Waals surface area contributed by atoms with Crippen LogP contribution in [0.2, 0.25) is 0 Å². The molecular formula is C14H13ClN2OS2. The normalized spacial score (nSPS) is 12.9. The Kier molecular flexibility index (Phi) is 3.67. The van der Waals surface area contributed by atoms with Crippen LogP contribution in [0, 0.1) is 6.92 Å². The van der Waals surface area contributed by atoms with Crippen LogP contribution in [0.15, 0.2) is 22.3 Å². The van der Waals surface area contributed by atoms with Gasteiger partial charge in [-0.25, -0.2) is 4.98 Å². The molecule has 3 rings (SSSR count). The predicted molar refractivity (Wildman–Crippen MR) is 87.2 cm³/mol. The second kappa shape index (κ2) is 5.31. The number of hydrogen-bond acceptors (Lipinski definition) is 4. The van der Waals surface area contributed by atoms with Crippen molar-refractivity contribution < 1.29 is 0 Å². The van der Waals surface area contributed by atoms with Crippen LogP contribution in [0.5, 0.6) is 0 Å². The number of thiophene rings is 2. The van der Waals surface area contributed by atoms with Crippen molar-refractivity contribution in [3.8, 4) is 10.4 Å². The zero-order valence-electron chi connectivity index (χ0n) is 11.1. The third kappa shape index (κ3) is 2.30. The number of fused-ring (bicyclic) bond motifs is 1. The van der Waals surface area contributed by atoms with Crippen molar-refractivity contribution in [2.45, 2.75) is 25.6 Å². The van der Waals surface area contributed by atoms with Crippen LogP contribution in [0.1, 0.15) is 29.4 Å². The molecule has 3 heterocycles. The molecule has 0 saturated carbocycles. The maximum atomic E-state index is 12.3. The molecule has 104 valence electrons. The summed E-state index contributed by atoms with van der Waals surface area (Å²) in [6, 6.07) is 4.11. The number of halogens is 1. The Morgan fingerprint density at radius 1 is 1.45 bits per heavy atom. The summed E-state index contributed by atoms with van der Waals surface area (Å²) in [5, 5.41) is 2.42. The van der Waals surface area contributed by atoms with Crippen molar-refractivity contribution in [2.24, 2.45) is 0 Å². The molecule has 0 aliphatic carbocycles. The molecule has 3 aromatic heterocycles. The van der Waals surface area contributed by atoms with Crippen LogP contribution in [0.25, 0.3) is 20.7 Å². The lowest BCUT2D eigenvalue weighted by atomic mass is 10.2. The van der Waals surface area contributed by atoms with E-state index in [9.17, 15) is 4.79 Å². The minimum Gasteiger partial charge on any atom is -0.309 e. The SMILES string of the molecule is CCC(Cl)c1nc2scc(-c3ccc(C)s3)c2c(=O)[nH]1. The maximum Gasteiger partial charge on any atom is 0.260 e. The number of aromatic nitrogens is 2. The van der Waals surface area contributed by atoms with E-state index < -0.39 is 0 Å². The van der Waals surface area contributed by atoms with E-state index in [4.69, 9.17) is 11.6 Å². The molecule has 0 fully saturated rings. The second-order valence-electron chi connectivity index (χ2n) is 4.57. The summed E-state index contributed by atoms with van der Waals surface area (Å²) in [6.07, 6.45) is 0.734. The van der Waals surface area contributed by atoms with Crippen LogP contribution in [-0.2, 0) is 0 Å². The molecule has 3 nitrogen and oxygen atoms in total. The molecule has 0 aliphatic heterocycles. The lowest BCUT2D eigenvalue weighted by molar-refractivity contribution is 0.807. The zero-order chi connectivity index (χ0) is 14.3. The molecule has 0 radical (unpaired) electrons. The fourth-order valence-electron chi connectivity index (χ4n) is 2.07. The third-order valence-electron chi connectivity index (χ3n) is 3.12. The summed E-state index contributed by atoms with van der Waals surface area (Å²) in [5.41, 5.74) is 0.859. The van der Waals surface area contributed by atoms with Crippen LogP contribution in [-0.4, -0.2) is 9.97 Å². The highest BCUT2D eigenvalue weighted by Crippen LogP contribution is 2.35. The topological polar surface area (TPSA) is 45.8 Å². The van der Waals surface area contributed by atoms with Gasteiger partial charge in [-0.3, -0.25) is 4.79 Å². The van der Waals surface area contributed by atoms with Gasteiger partial charge in [0, 0.05) is 20.7 Å². The van der Waals surface area contributed by atoms with Gasteiger partial charge in [0.1, 0.15) is 10.7 Å². The molecule has 0 aliphatic rings. The number of aryl methyl sites for hydroxylation is 1.